The largest absolute Gasteiger partial charge is 0.377 e. The van der Waals surface area contributed by atoms with Crippen LogP contribution in [0.25, 0.3) is 10.8 Å². The minimum Gasteiger partial charge on any atom is -0.377 e. The van der Waals surface area contributed by atoms with Gasteiger partial charge in [0.2, 0.25) is 0 Å². The SMILES string of the molecule is CCCC(OCC)C(NC)c1ccc2ccccc2c1. The van der Waals surface area contributed by atoms with E-state index in [0.29, 0.717) is 0 Å². The van der Waals surface area contributed by atoms with Crippen LogP contribution in [-0.2, 0) is 4.74 Å². The Morgan fingerprint density at radius 3 is 2.45 bits per heavy atom. The highest BCUT2D eigenvalue weighted by molar-refractivity contribution is 5.83. The summed E-state index contributed by atoms with van der Waals surface area (Å²) in [6, 6.07) is 15.4. The zero-order valence-corrected chi connectivity index (χ0v) is 12.7. The van der Waals surface area contributed by atoms with E-state index in [2.05, 4.69) is 61.6 Å². The van der Waals surface area contributed by atoms with Gasteiger partial charge >= 0.3 is 0 Å². The smallest absolute Gasteiger partial charge is 0.0769 e. The Hall–Kier alpha value is -1.38. The minimum absolute atomic E-state index is 0.233. The molecule has 2 nitrogen and oxygen atoms in total. The summed E-state index contributed by atoms with van der Waals surface area (Å²) in [5, 5.41) is 6.00. The van der Waals surface area contributed by atoms with E-state index in [0.717, 1.165) is 19.4 Å². The van der Waals surface area contributed by atoms with Crippen LogP contribution < -0.4 is 5.32 Å². The molecule has 2 atom stereocenters. The van der Waals surface area contributed by atoms with Gasteiger partial charge < -0.3 is 10.1 Å². The monoisotopic (exact) mass is 271 g/mol. The van der Waals surface area contributed by atoms with Crippen LogP contribution in [0.4, 0.5) is 0 Å². The molecule has 0 bridgehead atoms. The van der Waals surface area contributed by atoms with Crippen LogP contribution in [0.15, 0.2) is 42.5 Å². The van der Waals surface area contributed by atoms with Crippen molar-refractivity contribution in [2.24, 2.45) is 0 Å². The molecule has 0 radical (unpaired) electrons. The van der Waals surface area contributed by atoms with Gasteiger partial charge in [-0.1, -0.05) is 49.7 Å². The summed E-state index contributed by atoms with van der Waals surface area (Å²) in [5.41, 5.74) is 1.30. The average molecular weight is 271 g/mol. The van der Waals surface area contributed by atoms with Crippen LogP contribution in [0, 0.1) is 0 Å². The molecule has 0 aromatic heterocycles. The molecule has 0 aliphatic rings. The third-order valence-corrected chi connectivity index (χ3v) is 3.77. The van der Waals surface area contributed by atoms with E-state index in [1.54, 1.807) is 0 Å². The standard InChI is InChI=1S/C18H25NO/c1-4-8-17(20-5-2)18(19-3)16-12-11-14-9-6-7-10-15(14)13-16/h6-7,9-13,17-19H,4-5,8H2,1-3H3. The van der Waals surface area contributed by atoms with E-state index in [4.69, 9.17) is 4.74 Å². The first kappa shape index (κ1) is 15.0. The Labute approximate surface area is 122 Å². The second kappa shape index (κ2) is 7.41. The fourth-order valence-corrected chi connectivity index (χ4v) is 2.81. The quantitative estimate of drug-likeness (QED) is 0.810. The summed E-state index contributed by atoms with van der Waals surface area (Å²) in [6.45, 7) is 5.03. The van der Waals surface area contributed by atoms with E-state index in [1.807, 2.05) is 7.05 Å². The number of nitrogens with one attached hydrogen (secondary N) is 1. The van der Waals surface area contributed by atoms with E-state index >= 15 is 0 Å². The van der Waals surface area contributed by atoms with E-state index in [9.17, 15) is 0 Å². The molecule has 0 aliphatic carbocycles. The van der Waals surface area contributed by atoms with Gasteiger partial charge in [-0.3, -0.25) is 0 Å². The number of ether oxygens (including phenoxy) is 1. The van der Waals surface area contributed by atoms with Gasteiger partial charge in [-0.25, -0.2) is 0 Å². The summed E-state index contributed by atoms with van der Waals surface area (Å²) in [5.74, 6) is 0. The van der Waals surface area contributed by atoms with Crippen molar-refractivity contribution < 1.29 is 4.74 Å². The zero-order chi connectivity index (χ0) is 14.4. The highest BCUT2D eigenvalue weighted by Gasteiger charge is 2.21. The predicted octanol–water partition coefficient (Wildman–Crippen LogP) is 4.31. The molecular weight excluding hydrogens is 246 g/mol. The molecule has 2 unspecified atom stereocenters. The van der Waals surface area contributed by atoms with Crippen LogP contribution in [0.1, 0.15) is 38.3 Å². The summed E-state index contributed by atoms with van der Waals surface area (Å²) in [4.78, 5) is 0. The van der Waals surface area contributed by atoms with Gasteiger partial charge in [-0.15, -0.1) is 0 Å². The van der Waals surface area contributed by atoms with Crippen molar-refractivity contribution in [3.63, 3.8) is 0 Å². The fourth-order valence-electron chi connectivity index (χ4n) is 2.81. The average Bonchev–Trinajstić information content (AvgIpc) is 2.48. The molecule has 2 heteroatoms. The molecule has 0 saturated heterocycles. The Bertz CT molecular complexity index is 532. The van der Waals surface area contributed by atoms with Crippen LogP contribution in [0.3, 0.4) is 0 Å². The molecule has 2 aromatic carbocycles. The molecule has 0 heterocycles. The third kappa shape index (κ3) is 3.38. The summed E-state index contributed by atoms with van der Waals surface area (Å²) < 4.78 is 5.94. The van der Waals surface area contributed by atoms with Crippen molar-refractivity contribution in [3.8, 4) is 0 Å². The molecule has 0 saturated carbocycles. The first-order chi connectivity index (χ1) is 9.80. The van der Waals surface area contributed by atoms with Crippen molar-refractivity contribution in [1.82, 2.24) is 5.32 Å². The molecule has 2 aromatic rings. The second-order valence-electron chi connectivity index (χ2n) is 5.16. The van der Waals surface area contributed by atoms with E-state index in [1.165, 1.54) is 16.3 Å². The number of fused-ring (bicyclic) bond motifs is 1. The van der Waals surface area contributed by atoms with E-state index in [-0.39, 0.29) is 12.1 Å². The summed E-state index contributed by atoms with van der Waals surface area (Å²) in [6.07, 6.45) is 2.44. The number of benzene rings is 2. The van der Waals surface area contributed by atoms with Gasteiger partial charge in [0.1, 0.15) is 0 Å². The molecular formula is C18H25NO. The highest BCUT2D eigenvalue weighted by atomic mass is 16.5. The Morgan fingerprint density at radius 1 is 1.05 bits per heavy atom. The third-order valence-electron chi connectivity index (χ3n) is 3.77. The maximum Gasteiger partial charge on any atom is 0.0769 e. The van der Waals surface area contributed by atoms with Crippen LogP contribution in [0.2, 0.25) is 0 Å². The zero-order valence-electron chi connectivity index (χ0n) is 12.7. The Kier molecular flexibility index (Phi) is 5.57. The molecule has 1 N–H and O–H groups in total. The predicted molar refractivity (Wildman–Crippen MR) is 86.1 cm³/mol. The number of hydrogen-bond acceptors (Lipinski definition) is 2. The lowest BCUT2D eigenvalue weighted by molar-refractivity contribution is 0.0296. The molecule has 108 valence electrons. The van der Waals surface area contributed by atoms with Crippen molar-refractivity contribution in [1.29, 1.82) is 0 Å². The van der Waals surface area contributed by atoms with Gasteiger partial charge in [0, 0.05) is 6.61 Å². The van der Waals surface area contributed by atoms with Crippen LogP contribution >= 0.6 is 0 Å². The van der Waals surface area contributed by atoms with Gasteiger partial charge in [-0.05, 0) is 42.8 Å². The van der Waals surface area contributed by atoms with Crippen molar-refractivity contribution in [2.45, 2.75) is 38.8 Å². The van der Waals surface area contributed by atoms with Gasteiger partial charge in [0.05, 0.1) is 12.1 Å². The molecule has 0 spiro atoms. The lowest BCUT2D eigenvalue weighted by Gasteiger charge is -2.27. The normalized spacial score (nSPS) is 14.3. The van der Waals surface area contributed by atoms with Crippen LogP contribution in [-0.4, -0.2) is 19.8 Å². The van der Waals surface area contributed by atoms with Gasteiger partial charge in [-0.2, -0.15) is 0 Å². The van der Waals surface area contributed by atoms with Crippen molar-refractivity contribution in [3.05, 3.63) is 48.0 Å². The summed E-state index contributed by atoms with van der Waals surface area (Å²) >= 11 is 0. The number of hydrogen-bond donors (Lipinski definition) is 1. The molecule has 0 fully saturated rings. The maximum atomic E-state index is 5.94. The topological polar surface area (TPSA) is 21.3 Å². The lowest BCUT2D eigenvalue weighted by atomic mass is 9.96. The molecule has 20 heavy (non-hydrogen) atoms. The fraction of sp³-hybridized carbons (Fsp3) is 0.444. The highest BCUT2D eigenvalue weighted by Crippen LogP contribution is 2.26. The Morgan fingerprint density at radius 2 is 1.80 bits per heavy atom. The maximum absolute atomic E-state index is 5.94. The summed E-state index contributed by atoms with van der Waals surface area (Å²) in [7, 11) is 2.02. The molecule has 0 aliphatic heterocycles. The molecule has 2 rings (SSSR count). The lowest BCUT2D eigenvalue weighted by Crippen LogP contribution is -2.31. The van der Waals surface area contributed by atoms with Crippen molar-refractivity contribution in [2.75, 3.05) is 13.7 Å². The first-order valence-corrected chi connectivity index (χ1v) is 7.57. The van der Waals surface area contributed by atoms with Gasteiger partial charge in [0.15, 0.2) is 0 Å². The van der Waals surface area contributed by atoms with Crippen LogP contribution in [0.5, 0.6) is 0 Å². The van der Waals surface area contributed by atoms with Gasteiger partial charge in [0.25, 0.3) is 0 Å². The number of rotatable bonds is 7. The first-order valence-electron chi connectivity index (χ1n) is 7.57. The minimum atomic E-state index is 0.233. The number of likely N-dealkylation sites (N-methyl/N-ethyl adjacent to an activating group) is 1. The Balaban J connectivity index is 2.31. The van der Waals surface area contributed by atoms with Crippen molar-refractivity contribution >= 4 is 10.8 Å². The van der Waals surface area contributed by atoms with E-state index < -0.39 is 0 Å². The second-order valence-corrected chi connectivity index (χ2v) is 5.16. The molecule has 0 amide bonds.